The van der Waals surface area contributed by atoms with E-state index in [4.69, 9.17) is 0 Å². The number of hydrogen-bond donors (Lipinski definition) is 1. The first kappa shape index (κ1) is 17.2. The minimum absolute atomic E-state index is 0.0726. The van der Waals surface area contributed by atoms with Crippen LogP contribution in [0, 0.1) is 0 Å². The molecule has 0 radical (unpaired) electrons. The van der Waals surface area contributed by atoms with Crippen LogP contribution in [0.15, 0.2) is 23.1 Å². The van der Waals surface area contributed by atoms with E-state index >= 15 is 0 Å². The Morgan fingerprint density at radius 2 is 1.96 bits per heavy atom. The Morgan fingerprint density at radius 1 is 1.25 bits per heavy atom. The van der Waals surface area contributed by atoms with E-state index in [2.05, 4.69) is 5.32 Å². The van der Waals surface area contributed by atoms with Gasteiger partial charge in [-0.05, 0) is 25.1 Å². The van der Waals surface area contributed by atoms with Crippen molar-refractivity contribution in [3.05, 3.63) is 23.8 Å². The summed E-state index contributed by atoms with van der Waals surface area (Å²) in [6, 6.07) is 5.28. The molecule has 0 spiro atoms. The lowest BCUT2D eigenvalue weighted by atomic mass is 10.1. The third kappa shape index (κ3) is 3.42. The van der Waals surface area contributed by atoms with Crippen molar-refractivity contribution in [3.63, 3.8) is 0 Å². The van der Waals surface area contributed by atoms with Gasteiger partial charge in [0.2, 0.25) is 15.9 Å². The molecule has 130 valence electrons. The minimum Gasteiger partial charge on any atom is -0.336 e. The number of sulfonamides is 1. The van der Waals surface area contributed by atoms with Crippen molar-refractivity contribution < 1.29 is 18.0 Å². The molecule has 9 heteroatoms. The van der Waals surface area contributed by atoms with Gasteiger partial charge >= 0.3 is 0 Å². The number of benzene rings is 1. The molecular weight excluding hydrogens is 350 g/mol. The topological polar surface area (TPSA) is 86.8 Å². The Bertz CT molecular complexity index is 771. The first-order valence-corrected chi connectivity index (χ1v) is 10.3. The molecule has 7 nitrogen and oxygen atoms in total. The maximum atomic E-state index is 12.6. The predicted octanol–water partition coefficient (Wildman–Crippen LogP) is 0.838. The van der Waals surface area contributed by atoms with E-state index in [9.17, 15) is 18.0 Å². The molecule has 2 heterocycles. The molecule has 2 amide bonds. The number of fused-ring (bicyclic) bond motifs is 1. The van der Waals surface area contributed by atoms with E-state index in [-0.39, 0.29) is 17.6 Å². The molecule has 0 aromatic heterocycles. The van der Waals surface area contributed by atoms with E-state index in [1.165, 1.54) is 16.1 Å². The summed E-state index contributed by atoms with van der Waals surface area (Å²) in [7, 11) is -3.21. The average molecular weight is 369 g/mol. The van der Waals surface area contributed by atoms with Gasteiger partial charge in [-0.3, -0.25) is 9.59 Å². The number of hydrogen-bond acceptors (Lipinski definition) is 5. The highest BCUT2D eigenvalue weighted by atomic mass is 32.2. The normalized spacial score (nSPS) is 18.9. The van der Waals surface area contributed by atoms with Gasteiger partial charge in [0.25, 0.3) is 5.91 Å². The summed E-state index contributed by atoms with van der Waals surface area (Å²) in [6.45, 7) is 3.00. The van der Waals surface area contributed by atoms with Crippen LogP contribution in [-0.4, -0.2) is 67.1 Å². The largest absolute Gasteiger partial charge is 0.336 e. The molecule has 1 aromatic carbocycles. The van der Waals surface area contributed by atoms with Crippen LogP contribution >= 0.6 is 11.8 Å². The predicted molar refractivity (Wildman–Crippen MR) is 92.7 cm³/mol. The second-order valence-corrected chi connectivity index (χ2v) is 8.91. The monoisotopic (exact) mass is 369 g/mol. The molecule has 1 fully saturated rings. The highest BCUT2D eigenvalue weighted by molar-refractivity contribution is 8.00. The summed E-state index contributed by atoms with van der Waals surface area (Å²) in [5.41, 5.74) is 1.16. The van der Waals surface area contributed by atoms with Crippen LogP contribution in [0.5, 0.6) is 0 Å². The van der Waals surface area contributed by atoms with Crippen LogP contribution in [0.4, 0.5) is 5.69 Å². The van der Waals surface area contributed by atoms with Crippen LogP contribution in [-0.2, 0) is 14.8 Å². The second-order valence-electron chi connectivity index (χ2n) is 5.64. The van der Waals surface area contributed by atoms with Crippen molar-refractivity contribution in [1.29, 1.82) is 0 Å². The van der Waals surface area contributed by atoms with Crippen molar-refractivity contribution in [2.45, 2.75) is 11.8 Å². The third-order valence-corrected chi connectivity index (χ3v) is 7.10. The molecule has 1 aromatic rings. The molecular formula is C15H19N3O4S2. The van der Waals surface area contributed by atoms with Gasteiger partial charge in [0, 0.05) is 36.6 Å². The zero-order valence-corrected chi connectivity index (χ0v) is 15.0. The molecule has 0 aliphatic carbocycles. The highest BCUT2D eigenvalue weighted by Crippen LogP contribution is 2.32. The van der Waals surface area contributed by atoms with Gasteiger partial charge in [-0.15, -0.1) is 11.8 Å². The van der Waals surface area contributed by atoms with Gasteiger partial charge in [0.05, 0.1) is 17.2 Å². The van der Waals surface area contributed by atoms with E-state index < -0.39 is 10.0 Å². The van der Waals surface area contributed by atoms with Crippen LogP contribution in [0.25, 0.3) is 0 Å². The fraction of sp³-hybridized carbons (Fsp3) is 0.467. The number of amides is 2. The van der Waals surface area contributed by atoms with Crippen LogP contribution < -0.4 is 5.32 Å². The summed E-state index contributed by atoms with van der Waals surface area (Å²) in [5.74, 6) is 0.240. The summed E-state index contributed by atoms with van der Waals surface area (Å²) < 4.78 is 25.2. The van der Waals surface area contributed by atoms with Crippen molar-refractivity contribution in [1.82, 2.24) is 9.21 Å². The quantitative estimate of drug-likeness (QED) is 0.853. The number of nitrogens with zero attached hydrogens (tertiary/aromatic N) is 2. The fourth-order valence-corrected chi connectivity index (χ4v) is 4.62. The van der Waals surface area contributed by atoms with Crippen LogP contribution in [0.1, 0.15) is 17.3 Å². The zero-order valence-electron chi connectivity index (χ0n) is 13.3. The van der Waals surface area contributed by atoms with Gasteiger partial charge in [-0.25, -0.2) is 8.42 Å². The maximum Gasteiger partial charge on any atom is 0.254 e. The van der Waals surface area contributed by atoms with Crippen molar-refractivity contribution >= 4 is 39.3 Å². The maximum absolute atomic E-state index is 12.6. The summed E-state index contributed by atoms with van der Waals surface area (Å²) in [4.78, 5) is 26.7. The summed E-state index contributed by atoms with van der Waals surface area (Å²) in [6.07, 6.45) is 0. The molecule has 1 saturated heterocycles. The van der Waals surface area contributed by atoms with Gasteiger partial charge in [0.1, 0.15) is 0 Å². The fourth-order valence-electron chi connectivity index (χ4n) is 2.75. The Kier molecular flexibility index (Phi) is 4.84. The lowest BCUT2D eigenvalue weighted by Gasteiger charge is -2.34. The lowest BCUT2D eigenvalue weighted by Crippen LogP contribution is -2.50. The molecule has 0 atom stereocenters. The lowest BCUT2D eigenvalue weighted by molar-refractivity contribution is -0.113. The van der Waals surface area contributed by atoms with Gasteiger partial charge in [0.15, 0.2) is 0 Å². The molecule has 1 N–H and O–H groups in total. The second kappa shape index (κ2) is 6.73. The first-order valence-electron chi connectivity index (χ1n) is 7.74. The SMILES string of the molecule is CCS(=O)(=O)N1CCN(C(=O)c2ccc3c(c2)NC(=O)CS3)CC1. The Morgan fingerprint density at radius 3 is 2.62 bits per heavy atom. The Hall–Kier alpha value is -1.58. The Labute approximate surface area is 145 Å². The number of carbonyl (C=O) groups is 2. The van der Waals surface area contributed by atoms with E-state index in [0.29, 0.717) is 43.2 Å². The smallest absolute Gasteiger partial charge is 0.254 e. The molecule has 0 bridgehead atoms. The molecule has 24 heavy (non-hydrogen) atoms. The third-order valence-electron chi connectivity index (χ3n) is 4.14. The number of anilines is 1. The average Bonchev–Trinajstić information content (AvgIpc) is 2.60. The molecule has 2 aliphatic heterocycles. The number of piperazine rings is 1. The van der Waals surface area contributed by atoms with E-state index in [1.807, 2.05) is 6.07 Å². The van der Waals surface area contributed by atoms with Gasteiger partial charge < -0.3 is 10.2 Å². The number of nitrogens with one attached hydrogen (secondary N) is 1. The van der Waals surface area contributed by atoms with Crippen molar-refractivity contribution in [2.24, 2.45) is 0 Å². The van der Waals surface area contributed by atoms with Gasteiger partial charge in [-0.1, -0.05) is 0 Å². The Balaban J connectivity index is 1.70. The van der Waals surface area contributed by atoms with Crippen LogP contribution in [0.3, 0.4) is 0 Å². The highest BCUT2D eigenvalue weighted by Gasteiger charge is 2.28. The molecule has 0 saturated carbocycles. The van der Waals surface area contributed by atoms with Crippen molar-refractivity contribution in [2.75, 3.05) is 43.0 Å². The van der Waals surface area contributed by atoms with Crippen LogP contribution in [0.2, 0.25) is 0 Å². The van der Waals surface area contributed by atoms with Crippen molar-refractivity contribution in [3.8, 4) is 0 Å². The number of carbonyl (C=O) groups excluding carboxylic acids is 2. The zero-order chi connectivity index (χ0) is 17.3. The van der Waals surface area contributed by atoms with E-state index in [1.54, 1.807) is 24.0 Å². The standard InChI is InChI=1S/C15H19N3O4S2/c1-2-24(21,22)18-7-5-17(6-8-18)15(20)11-3-4-13-12(9-11)16-14(19)10-23-13/h3-4,9H,2,5-8,10H2,1H3,(H,16,19). The molecule has 0 unspecified atom stereocenters. The minimum atomic E-state index is -3.21. The first-order chi connectivity index (χ1) is 11.4. The summed E-state index contributed by atoms with van der Waals surface area (Å²) in [5, 5.41) is 2.77. The van der Waals surface area contributed by atoms with Gasteiger partial charge in [-0.2, -0.15) is 4.31 Å². The van der Waals surface area contributed by atoms with E-state index in [0.717, 1.165) is 4.90 Å². The number of thioether (sulfide) groups is 1. The molecule has 2 aliphatic rings. The molecule has 3 rings (SSSR count). The number of rotatable bonds is 3. The summed E-state index contributed by atoms with van der Waals surface area (Å²) >= 11 is 1.45.